The van der Waals surface area contributed by atoms with E-state index in [0.29, 0.717) is 34.9 Å². The first-order valence-electron chi connectivity index (χ1n) is 14.0. The van der Waals surface area contributed by atoms with Crippen molar-refractivity contribution in [2.45, 2.75) is 34.6 Å². The Balaban J connectivity index is 1.55. The van der Waals surface area contributed by atoms with Gasteiger partial charge in [-0.1, -0.05) is 60.2 Å². The zero-order chi connectivity index (χ0) is 29.0. The van der Waals surface area contributed by atoms with Crippen LogP contribution in [-0.4, -0.2) is 34.5 Å². The third kappa shape index (κ3) is 4.49. The second-order valence-corrected chi connectivity index (χ2v) is 10.7. The van der Waals surface area contributed by atoms with Crippen LogP contribution in [0.4, 0.5) is 0 Å². The molecule has 0 saturated carbocycles. The fourth-order valence-electron chi connectivity index (χ4n) is 5.76. The van der Waals surface area contributed by atoms with Crippen molar-refractivity contribution in [3.63, 3.8) is 0 Å². The Kier molecular flexibility index (Phi) is 6.08. The van der Waals surface area contributed by atoms with Crippen LogP contribution >= 0.6 is 0 Å². The predicted octanol–water partition coefficient (Wildman–Crippen LogP) is 7.70. The minimum absolute atomic E-state index is 0.611. The lowest BCUT2D eigenvalue weighted by atomic mass is 10.0. The monoisotopic (exact) mass is 547 g/mol. The van der Waals surface area contributed by atoms with Gasteiger partial charge >= 0.3 is 0 Å². The third-order valence-corrected chi connectivity index (χ3v) is 7.48. The highest BCUT2D eigenvalue weighted by Gasteiger charge is 2.20. The largest absolute Gasteiger partial charge is 0.308 e. The number of hydrogen-bond donors (Lipinski definition) is 0. The Morgan fingerprint density at radius 2 is 1.07 bits per heavy atom. The van der Waals surface area contributed by atoms with Gasteiger partial charge in [-0.05, 0) is 76.1 Å². The molecule has 0 aliphatic carbocycles. The molecule has 42 heavy (non-hydrogen) atoms. The zero-order valence-electron chi connectivity index (χ0n) is 24.2. The summed E-state index contributed by atoms with van der Waals surface area (Å²) in [5.74, 6) is 3.94. The Bertz CT molecular complexity index is 2120. The van der Waals surface area contributed by atoms with Gasteiger partial charge in [0.05, 0.1) is 16.7 Å². The van der Waals surface area contributed by atoms with Crippen LogP contribution in [0.15, 0.2) is 84.9 Å². The quantitative estimate of drug-likeness (QED) is 0.225. The number of para-hydroxylation sites is 1. The van der Waals surface area contributed by atoms with Gasteiger partial charge in [-0.2, -0.15) is 0 Å². The molecule has 0 spiro atoms. The first-order valence-corrected chi connectivity index (χ1v) is 14.0. The molecule has 204 valence electrons. The van der Waals surface area contributed by atoms with E-state index in [0.717, 1.165) is 33.4 Å². The van der Waals surface area contributed by atoms with E-state index in [9.17, 15) is 0 Å². The Morgan fingerprint density at radius 3 is 1.79 bits per heavy atom. The highest BCUT2D eigenvalue weighted by Crippen LogP contribution is 2.38. The van der Waals surface area contributed by atoms with Gasteiger partial charge in [-0.15, -0.1) is 0 Å². The zero-order valence-corrected chi connectivity index (χ0v) is 24.2. The van der Waals surface area contributed by atoms with Crippen molar-refractivity contribution in [1.82, 2.24) is 34.5 Å². The van der Waals surface area contributed by atoms with Crippen molar-refractivity contribution < 1.29 is 0 Å². The molecule has 0 bridgehead atoms. The highest BCUT2D eigenvalue weighted by atomic mass is 15.0. The van der Waals surface area contributed by atoms with Crippen LogP contribution in [-0.2, 0) is 0 Å². The normalized spacial score (nSPS) is 11.5. The molecule has 0 amide bonds. The SMILES string of the molecule is Cc1cccc(-c2ccc3c4ccccc4n(-c4ccc(-c5nc(C)nc(C)n5)cc4-c4nc(C)nc(C)n4)c3c2)c1. The molecule has 3 aromatic heterocycles. The van der Waals surface area contributed by atoms with Gasteiger partial charge < -0.3 is 4.57 Å². The highest BCUT2D eigenvalue weighted by molar-refractivity contribution is 6.10. The lowest BCUT2D eigenvalue weighted by Crippen LogP contribution is -2.04. The molecule has 7 rings (SSSR count). The molecule has 7 aromatic rings. The van der Waals surface area contributed by atoms with E-state index in [1.165, 1.54) is 21.9 Å². The van der Waals surface area contributed by atoms with Crippen LogP contribution in [0.3, 0.4) is 0 Å². The average Bonchev–Trinajstić information content (AvgIpc) is 3.29. The Hall–Kier alpha value is -5.30. The molecule has 0 atom stereocenters. The van der Waals surface area contributed by atoms with E-state index in [4.69, 9.17) is 9.97 Å². The molecule has 0 unspecified atom stereocenters. The first-order chi connectivity index (χ1) is 20.3. The van der Waals surface area contributed by atoms with Gasteiger partial charge in [-0.25, -0.2) is 29.9 Å². The molecule has 0 fully saturated rings. The molecular formula is C35H29N7. The van der Waals surface area contributed by atoms with E-state index < -0.39 is 0 Å². The van der Waals surface area contributed by atoms with Gasteiger partial charge in [-0.3, -0.25) is 0 Å². The summed E-state index contributed by atoms with van der Waals surface area (Å²) in [5.41, 5.74) is 8.52. The predicted molar refractivity (Wildman–Crippen MR) is 168 cm³/mol. The standard InChI is InChI=1S/C35H29N7/c1-20-9-8-10-25(17-20)26-13-15-29-28-11-6-7-12-31(28)42(33(29)19-26)32-16-14-27(34-38-21(2)36-22(3)39-34)18-30(32)35-40-23(4)37-24(5)41-35/h6-19H,1-5H3. The molecule has 0 aliphatic rings. The lowest BCUT2D eigenvalue weighted by Gasteiger charge is -2.15. The van der Waals surface area contributed by atoms with E-state index in [-0.39, 0.29) is 0 Å². The Labute approximate surface area is 244 Å². The number of fused-ring (bicyclic) bond motifs is 3. The molecule has 0 aliphatic heterocycles. The topological polar surface area (TPSA) is 82.3 Å². The smallest absolute Gasteiger partial charge is 0.165 e. The van der Waals surface area contributed by atoms with Crippen LogP contribution in [0.1, 0.15) is 28.9 Å². The van der Waals surface area contributed by atoms with Crippen molar-refractivity contribution in [2.24, 2.45) is 0 Å². The van der Waals surface area contributed by atoms with E-state index in [1.807, 2.05) is 27.7 Å². The summed E-state index contributed by atoms with van der Waals surface area (Å²) >= 11 is 0. The summed E-state index contributed by atoms with van der Waals surface area (Å²) in [4.78, 5) is 27.7. The van der Waals surface area contributed by atoms with Gasteiger partial charge in [0.1, 0.15) is 23.3 Å². The maximum Gasteiger partial charge on any atom is 0.165 e. The average molecular weight is 548 g/mol. The molecule has 0 radical (unpaired) electrons. The van der Waals surface area contributed by atoms with Crippen molar-refractivity contribution >= 4 is 21.8 Å². The molecule has 4 aromatic carbocycles. The molecule has 7 heteroatoms. The van der Waals surface area contributed by atoms with Crippen LogP contribution < -0.4 is 0 Å². The second-order valence-electron chi connectivity index (χ2n) is 10.7. The molecule has 7 nitrogen and oxygen atoms in total. The number of benzene rings is 4. The lowest BCUT2D eigenvalue weighted by molar-refractivity contribution is 0.924. The molecule has 0 saturated heterocycles. The van der Waals surface area contributed by atoms with E-state index in [2.05, 4.69) is 116 Å². The van der Waals surface area contributed by atoms with Crippen LogP contribution in [0.2, 0.25) is 0 Å². The van der Waals surface area contributed by atoms with Gasteiger partial charge in [0, 0.05) is 21.9 Å². The van der Waals surface area contributed by atoms with Gasteiger partial charge in [0.15, 0.2) is 11.6 Å². The minimum Gasteiger partial charge on any atom is -0.308 e. The summed E-state index contributed by atoms with van der Waals surface area (Å²) in [6.45, 7) is 9.69. The molecule has 3 heterocycles. The third-order valence-electron chi connectivity index (χ3n) is 7.48. The van der Waals surface area contributed by atoms with Crippen LogP contribution in [0.25, 0.3) is 61.4 Å². The summed E-state index contributed by atoms with van der Waals surface area (Å²) < 4.78 is 2.32. The summed E-state index contributed by atoms with van der Waals surface area (Å²) in [6.07, 6.45) is 0. The number of nitrogens with zero attached hydrogens (tertiary/aromatic N) is 7. The minimum atomic E-state index is 0.611. The van der Waals surface area contributed by atoms with Crippen molar-refractivity contribution in [1.29, 1.82) is 0 Å². The molecule has 0 N–H and O–H groups in total. The summed E-state index contributed by atoms with van der Waals surface area (Å²) in [6, 6.07) is 30.2. The first kappa shape index (κ1) is 25.7. The van der Waals surface area contributed by atoms with Crippen LogP contribution in [0.5, 0.6) is 0 Å². The van der Waals surface area contributed by atoms with Gasteiger partial charge in [0.25, 0.3) is 0 Å². The van der Waals surface area contributed by atoms with Gasteiger partial charge in [0.2, 0.25) is 0 Å². The maximum absolute atomic E-state index is 4.79. The fourth-order valence-corrected chi connectivity index (χ4v) is 5.76. The fraction of sp³-hybridized carbons (Fsp3) is 0.143. The maximum atomic E-state index is 4.79. The van der Waals surface area contributed by atoms with Crippen molar-refractivity contribution in [3.05, 3.63) is 114 Å². The summed E-state index contributed by atoms with van der Waals surface area (Å²) in [7, 11) is 0. The van der Waals surface area contributed by atoms with E-state index in [1.54, 1.807) is 0 Å². The van der Waals surface area contributed by atoms with Crippen molar-refractivity contribution in [3.8, 4) is 39.6 Å². The number of rotatable bonds is 4. The van der Waals surface area contributed by atoms with Crippen molar-refractivity contribution in [2.75, 3.05) is 0 Å². The summed E-state index contributed by atoms with van der Waals surface area (Å²) in [5, 5.41) is 2.37. The molecular weight excluding hydrogens is 518 g/mol. The number of aromatic nitrogens is 7. The van der Waals surface area contributed by atoms with Crippen LogP contribution in [0, 0.1) is 34.6 Å². The number of hydrogen-bond acceptors (Lipinski definition) is 6. The number of aryl methyl sites for hydroxylation is 5. The Morgan fingerprint density at radius 1 is 0.452 bits per heavy atom. The van der Waals surface area contributed by atoms with E-state index >= 15 is 0 Å². The second kappa shape index (κ2) is 9.96.